The van der Waals surface area contributed by atoms with Crippen molar-refractivity contribution in [1.82, 2.24) is 0 Å². The zero-order valence-electron chi connectivity index (χ0n) is 9.31. The number of benzene rings is 1. The molecular formula is C11H5F6IO2. The summed E-state index contributed by atoms with van der Waals surface area (Å²) in [6, 6.07) is 1.64. The van der Waals surface area contributed by atoms with Crippen molar-refractivity contribution < 1.29 is 36.2 Å². The molecule has 0 unspecified atom stereocenters. The Morgan fingerprint density at radius 2 is 1.55 bits per heavy atom. The van der Waals surface area contributed by atoms with Gasteiger partial charge in [-0.05, 0) is 40.3 Å². The van der Waals surface area contributed by atoms with Crippen LogP contribution in [0.4, 0.5) is 26.3 Å². The van der Waals surface area contributed by atoms with Crippen LogP contribution in [0.5, 0.6) is 0 Å². The maximum atomic E-state index is 12.9. The number of halogens is 7. The molecule has 1 N–H and O–H groups in total. The van der Waals surface area contributed by atoms with Gasteiger partial charge in [0.05, 0.1) is 11.1 Å². The van der Waals surface area contributed by atoms with E-state index >= 15 is 0 Å². The predicted octanol–water partition coefficient (Wildman–Crippen LogP) is 4.43. The summed E-state index contributed by atoms with van der Waals surface area (Å²) in [5, 5.41) is 8.36. The van der Waals surface area contributed by atoms with Crippen LogP contribution in [0.2, 0.25) is 0 Å². The number of rotatable bonds is 2. The van der Waals surface area contributed by atoms with Gasteiger partial charge in [0.25, 0.3) is 0 Å². The van der Waals surface area contributed by atoms with E-state index in [0.29, 0.717) is 12.2 Å². The first-order valence-corrected chi connectivity index (χ1v) is 5.90. The standard InChI is InChI=1S/C11H5F6IO2/c12-10(13,14)8-5(2-4-7(19)20)1-3-6(18)9(8)11(15,16)17/h1-4H,(H,19,20)/b4-2+. The Morgan fingerprint density at radius 1 is 1.05 bits per heavy atom. The lowest BCUT2D eigenvalue weighted by atomic mass is 9.99. The Bertz CT molecular complexity index is 559. The van der Waals surface area contributed by atoms with E-state index in [1.807, 2.05) is 0 Å². The van der Waals surface area contributed by atoms with E-state index in [0.717, 1.165) is 34.7 Å². The summed E-state index contributed by atoms with van der Waals surface area (Å²) in [5.74, 6) is -1.56. The van der Waals surface area contributed by atoms with Crippen LogP contribution in [0.15, 0.2) is 18.2 Å². The van der Waals surface area contributed by atoms with Gasteiger partial charge in [-0.2, -0.15) is 26.3 Å². The Morgan fingerprint density at radius 3 is 1.95 bits per heavy atom. The van der Waals surface area contributed by atoms with Crippen molar-refractivity contribution in [3.8, 4) is 0 Å². The lowest BCUT2D eigenvalue weighted by molar-refractivity contribution is -0.162. The molecule has 1 aromatic carbocycles. The first kappa shape index (κ1) is 16.8. The molecule has 0 aliphatic heterocycles. The van der Waals surface area contributed by atoms with Crippen molar-refractivity contribution in [1.29, 1.82) is 0 Å². The topological polar surface area (TPSA) is 37.3 Å². The van der Waals surface area contributed by atoms with Crippen LogP contribution in [0, 0.1) is 3.57 Å². The SMILES string of the molecule is O=C(O)/C=C/c1ccc(I)c(C(F)(F)F)c1C(F)(F)F. The molecular weight excluding hydrogens is 405 g/mol. The van der Waals surface area contributed by atoms with Crippen molar-refractivity contribution in [2.45, 2.75) is 12.4 Å². The van der Waals surface area contributed by atoms with Crippen LogP contribution in [0.3, 0.4) is 0 Å². The number of alkyl halides is 6. The zero-order valence-corrected chi connectivity index (χ0v) is 11.5. The molecule has 0 radical (unpaired) electrons. The van der Waals surface area contributed by atoms with Gasteiger partial charge in [-0.15, -0.1) is 0 Å². The minimum Gasteiger partial charge on any atom is -0.478 e. The van der Waals surface area contributed by atoms with E-state index in [2.05, 4.69) is 0 Å². The smallest absolute Gasteiger partial charge is 0.418 e. The minimum atomic E-state index is -5.26. The first-order valence-electron chi connectivity index (χ1n) is 4.82. The molecule has 0 bridgehead atoms. The number of hydrogen-bond acceptors (Lipinski definition) is 1. The van der Waals surface area contributed by atoms with Crippen LogP contribution in [-0.4, -0.2) is 11.1 Å². The minimum absolute atomic E-state index is 0.345. The Hall–Kier alpha value is -1.26. The fourth-order valence-electron chi connectivity index (χ4n) is 1.48. The number of carbonyl (C=O) groups is 1. The van der Waals surface area contributed by atoms with E-state index in [1.165, 1.54) is 0 Å². The summed E-state index contributed by atoms with van der Waals surface area (Å²) < 4.78 is 76.3. The Labute approximate surface area is 122 Å². The third-order valence-electron chi connectivity index (χ3n) is 2.16. The molecule has 0 amide bonds. The van der Waals surface area contributed by atoms with Gasteiger partial charge < -0.3 is 5.11 Å². The largest absolute Gasteiger partial charge is 0.478 e. The maximum Gasteiger partial charge on any atom is 0.418 e. The van der Waals surface area contributed by atoms with Gasteiger partial charge in [0, 0.05) is 9.65 Å². The Kier molecular flexibility index (Phi) is 4.72. The van der Waals surface area contributed by atoms with Crippen molar-refractivity contribution in [3.63, 3.8) is 0 Å². The number of aliphatic carboxylic acids is 1. The third kappa shape index (κ3) is 3.87. The van der Waals surface area contributed by atoms with Gasteiger partial charge in [0.1, 0.15) is 0 Å². The van der Waals surface area contributed by atoms with Crippen molar-refractivity contribution >= 4 is 34.6 Å². The second-order valence-electron chi connectivity index (χ2n) is 3.55. The molecule has 0 aliphatic carbocycles. The van der Waals surface area contributed by atoms with E-state index in [-0.39, 0.29) is 0 Å². The fraction of sp³-hybridized carbons (Fsp3) is 0.182. The summed E-state index contributed by atoms with van der Waals surface area (Å²) in [4.78, 5) is 10.3. The van der Waals surface area contributed by atoms with Crippen LogP contribution < -0.4 is 0 Å². The molecule has 0 saturated heterocycles. The molecule has 2 nitrogen and oxygen atoms in total. The lowest BCUT2D eigenvalue weighted by Crippen LogP contribution is -2.19. The molecule has 20 heavy (non-hydrogen) atoms. The van der Waals surface area contributed by atoms with Crippen LogP contribution in [-0.2, 0) is 17.1 Å². The zero-order chi connectivity index (χ0) is 15.7. The van der Waals surface area contributed by atoms with E-state index in [4.69, 9.17) is 5.11 Å². The fourth-order valence-corrected chi connectivity index (χ4v) is 2.23. The van der Waals surface area contributed by atoms with Crippen LogP contribution in [0.25, 0.3) is 6.08 Å². The maximum absolute atomic E-state index is 12.9. The predicted molar refractivity (Wildman–Crippen MR) is 65.8 cm³/mol. The van der Waals surface area contributed by atoms with Gasteiger partial charge in [-0.25, -0.2) is 4.79 Å². The molecule has 0 saturated carbocycles. The van der Waals surface area contributed by atoms with Gasteiger partial charge in [-0.3, -0.25) is 0 Å². The molecule has 0 spiro atoms. The summed E-state index contributed by atoms with van der Waals surface area (Å²) in [5.41, 5.74) is -4.57. The van der Waals surface area contributed by atoms with E-state index in [1.54, 1.807) is 0 Å². The van der Waals surface area contributed by atoms with Gasteiger partial charge in [-0.1, -0.05) is 6.07 Å². The molecule has 0 fully saturated rings. The summed E-state index contributed by atoms with van der Waals surface area (Å²) in [6.45, 7) is 0. The highest BCUT2D eigenvalue weighted by Gasteiger charge is 2.45. The highest BCUT2D eigenvalue weighted by molar-refractivity contribution is 14.1. The van der Waals surface area contributed by atoms with Gasteiger partial charge in [0.15, 0.2) is 0 Å². The summed E-state index contributed by atoms with van der Waals surface area (Å²) >= 11 is 1.15. The second kappa shape index (κ2) is 5.62. The van der Waals surface area contributed by atoms with Gasteiger partial charge >= 0.3 is 18.3 Å². The van der Waals surface area contributed by atoms with Gasteiger partial charge in [0.2, 0.25) is 0 Å². The summed E-state index contributed by atoms with van der Waals surface area (Å²) in [6.07, 6.45) is -9.63. The average molecular weight is 410 g/mol. The molecule has 0 heterocycles. The molecule has 9 heteroatoms. The number of carboxylic acids is 1. The first-order chi connectivity index (χ1) is 8.94. The average Bonchev–Trinajstić information content (AvgIpc) is 2.23. The van der Waals surface area contributed by atoms with Crippen molar-refractivity contribution in [3.05, 3.63) is 38.5 Å². The van der Waals surface area contributed by atoms with E-state index in [9.17, 15) is 31.1 Å². The monoisotopic (exact) mass is 410 g/mol. The quantitative estimate of drug-likeness (QED) is 0.445. The lowest BCUT2D eigenvalue weighted by Gasteiger charge is -2.19. The number of hydrogen-bond donors (Lipinski definition) is 1. The molecule has 110 valence electrons. The molecule has 1 rings (SSSR count). The van der Waals surface area contributed by atoms with Crippen LogP contribution >= 0.6 is 22.6 Å². The van der Waals surface area contributed by atoms with Crippen molar-refractivity contribution in [2.24, 2.45) is 0 Å². The normalized spacial score (nSPS) is 12.9. The second-order valence-corrected chi connectivity index (χ2v) is 4.72. The summed E-state index contributed by atoms with van der Waals surface area (Å²) in [7, 11) is 0. The molecule has 1 aromatic rings. The highest BCUT2D eigenvalue weighted by atomic mass is 127. The molecule has 0 aliphatic rings. The van der Waals surface area contributed by atoms with E-state index < -0.39 is 38.6 Å². The highest BCUT2D eigenvalue weighted by Crippen LogP contribution is 2.44. The number of carboxylic acid groups (broad SMARTS) is 1. The molecule has 0 atom stereocenters. The van der Waals surface area contributed by atoms with Crippen LogP contribution in [0.1, 0.15) is 16.7 Å². The Balaban J connectivity index is 3.68. The molecule has 0 aromatic heterocycles. The third-order valence-corrected chi connectivity index (χ3v) is 3.06. The van der Waals surface area contributed by atoms with Crippen molar-refractivity contribution in [2.75, 3.05) is 0 Å².